The molecule has 2 rings (SSSR count). The van der Waals surface area contributed by atoms with Gasteiger partial charge in [-0.25, -0.2) is 8.42 Å². The van der Waals surface area contributed by atoms with Gasteiger partial charge in [0.25, 0.3) is 0 Å². The second-order valence-corrected chi connectivity index (χ2v) is 6.48. The third-order valence-corrected chi connectivity index (χ3v) is 5.39. The van der Waals surface area contributed by atoms with Crippen LogP contribution in [0, 0.1) is 0 Å². The molecule has 0 saturated carbocycles. The summed E-state index contributed by atoms with van der Waals surface area (Å²) in [4.78, 5) is 4.24. The SMILES string of the molecule is CN(C1CCOCC1)S(=O)(=O)c1cccnc1CN. The smallest absolute Gasteiger partial charge is 0.244 e. The lowest BCUT2D eigenvalue weighted by atomic mass is 10.1. The van der Waals surface area contributed by atoms with Crippen LogP contribution < -0.4 is 5.73 Å². The maximum atomic E-state index is 12.6. The first-order valence-electron chi connectivity index (χ1n) is 6.27. The molecular formula is C12H19N3O3S. The van der Waals surface area contributed by atoms with Crippen molar-refractivity contribution in [3.05, 3.63) is 24.0 Å². The molecule has 2 N–H and O–H groups in total. The van der Waals surface area contributed by atoms with Gasteiger partial charge in [0.2, 0.25) is 10.0 Å². The topological polar surface area (TPSA) is 85.5 Å². The van der Waals surface area contributed by atoms with Crippen molar-refractivity contribution in [3.63, 3.8) is 0 Å². The lowest BCUT2D eigenvalue weighted by Gasteiger charge is -2.30. The minimum atomic E-state index is -3.55. The molecule has 1 fully saturated rings. The summed E-state index contributed by atoms with van der Waals surface area (Å²) in [6.07, 6.45) is 2.98. The highest BCUT2D eigenvalue weighted by Gasteiger charge is 2.30. The van der Waals surface area contributed by atoms with Gasteiger partial charge >= 0.3 is 0 Å². The van der Waals surface area contributed by atoms with E-state index in [0.29, 0.717) is 31.7 Å². The van der Waals surface area contributed by atoms with Crippen LogP contribution in [0.3, 0.4) is 0 Å². The molecule has 1 aliphatic heterocycles. The average molecular weight is 285 g/mol. The Bertz CT molecular complexity index is 527. The van der Waals surface area contributed by atoms with Gasteiger partial charge < -0.3 is 10.5 Å². The molecule has 0 atom stereocenters. The van der Waals surface area contributed by atoms with Crippen LogP contribution in [-0.2, 0) is 21.3 Å². The van der Waals surface area contributed by atoms with Gasteiger partial charge in [-0.05, 0) is 25.0 Å². The third kappa shape index (κ3) is 2.94. The third-order valence-electron chi connectivity index (χ3n) is 3.40. The van der Waals surface area contributed by atoms with E-state index in [9.17, 15) is 8.42 Å². The monoisotopic (exact) mass is 285 g/mol. The molecule has 0 spiro atoms. The summed E-state index contributed by atoms with van der Waals surface area (Å²) in [7, 11) is -1.94. The van der Waals surface area contributed by atoms with Crippen molar-refractivity contribution in [2.75, 3.05) is 20.3 Å². The standard InChI is InChI=1S/C12H19N3O3S/c1-15(10-4-7-18-8-5-10)19(16,17)12-3-2-6-14-11(12)9-13/h2-3,6,10H,4-5,7-9,13H2,1H3. The molecule has 6 nitrogen and oxygen atoms in total. The van der Waals surface area contributed by atoms with Crippen LogP contribution in [0.2, 0.25) is 0 Å². The van der Waals surface area contributed by atoms with E-state index < -0.39 is 10.0 Å². The summed E-state index contributed by atoms with van der Waals surface area (Å²) in [6.45, 7) is 1.31. The molecule has 0 unspecified atom stereocenters. The van der Waals surface area contributed by atoms with Crippen LogP contribution in [0.5, 0.6) is 0 Å². The first-order valence-corrected chi connectivity index (χ1v) is 7.71. The molecule has 7 heteroatoms. The maximum absolute atomic E-state index is 12.6. The predicted octanol–water partition coefficient (Wildman–Crippen LogP) is 0.340. The quantitative estimate of drug-likeness (QED) is 0.862. The van der Waals surface area contributed by atoms with Crippen LogP contribution >= 0.6 is 0 Å². The first-order chi connectivity index (χ1) is 9.07. The van der Waals surface area contributed by atoms with Crippen LogP contribution in [0.25, 0.3) is 0 Å². The summed E-state index contributed by atoms with van der Waals surface area (Å²) in [5, 5.41) is 0. The number of aromatic nitrogens is 1. The molecule has 0 aliphatic carbocycles. The molecule has 0 bridgehead atoms. The van der Waals surface area contributed by atoms with Crippen molar-refractivity contribution in [3.8, 4) is 0 Å². The summed E-state index contributed by atoms with van der Waals surface area (Å²) >= 11 is 0. The number of sulfonamides is 1. The first kappa shape index (κ1) is 14.4. The Kier molecular flexibility index (Phi) is 4.51. The maximum Gasteiger partial charge on any atom is 0.244 e. The molecule has 0 aromatic carbocycles. The van der Waals surface area contributed by atoms with Crippen LogP contribution in [0.4, 0.5) is 0 Å². The van der Waals surface area contributed by atoms with E-state index in [4.69, 9.17) is 10.5 Å². The van der Waals surface area contributed by atoms with E-state index in [1.807, 2.05) is 0 Å². The number of hydrogen-bond acceptors (Lipinski definition) is 5. The van der Waals surface area contributed by atoms with E-state index in [1.165, 1.54) is 4.31 Å². The lowest BCUT2D eigenvalue weighted by Crippen LogP contribution is -2.41. The minimum Gasteiger partial charge on any atom is -0.381 e. The fraction of sp³-hybridized carbons (Fsp3) is 0.583. The molecule has 1 aromatic heterocycles. The Hall–Kier alpha value is -1.02. The van der Waals surface area contributed by atoms with Gasteiger partial charge in [0, 0.05) is 39.0 Å². The highest BCUT2D eigenvalue weighted by Crippen LogP contribution is 2.23. The summed E-state index contributed by atoms with van der Waals surface area (Å²) in [6, 6.07) is 3.15. The predicted molar refractivity (Wildman–Crippen MR) is 70.9 cm³/mol. The molecule has 2 heterocycles. The van der Waals surface area contributed by atoms with E-state index in [1.54, 1.807) is 25.4 Å². The summed E-state index contributed by atoms with van der Waals surface area (Å²) in [5.74, 6) is 0. The van der Waals surface area contributed by atoms with Gasteiger partial charge in [0.1, 0.15) is 4.90 Å². The van der Waals surface area contributed by atoms with Crippen molar-refractivity contribution >= 4 is 10.0 Å². The van der Waals surface area contributed by atoms with Crippen molar-refractivity contribution < 1.29 is 13.2 Å². The molecule has 1 aliphatic rings. The Morgan fingerprint density at radius 3 is 2.79 bits per heavy atom. The molecule has 1 saturated heterocycles. The highest BCUT2D eigenvalue weighted by molar-refractivity contribution is 7.89. The van der Waals surface area contributed by atoms with Gasteiger partial charge in [0.05, 0.1) is 5.69 Å². The van der Waals surface area contributed by atoms with E-state index in [-0.39, 0.29) is 17.5 Å². The number of nitrogens with two attached hydrogens (primary N) is 1. The molecular weight excluding hydrogens is 266 g/mol. The number of ether oxygens (including phenoxy) is 1. The lowest BCUT2D eigenvalue weighted by molar-refractivity contribution is 0.0632. The fourth-order valence-corrected chi connectivity index (χ4v) is 3.81. The van der Waals surface area contributed by atoms with Crippen molar-refractivity contribution in [2.45, 2.75) is 30.3 Å². The Labute approximate surface area is 113 Å². The van der Waals surface area contributed by atoms with Crippen LogP contribution in [-0.4, -0.2) is 44.0 Å². The minimum absolute atomic E-state index is 0.0235. The normalized spacial score (nSPS) is 17.8. The van der Waals surface area contributed by atoms with Crippen molar-refractivity contribution in [2.24, 2.45) is 5.73 Å². The molecule has 0 amide bonds. The fourth-order valence-electron chi connectivity index (χ4n) is 2.21. The van der Waals surface area contributed by atoms with Crippen molar-refractivity contribution in [1.29, 1.82) is 0 Å². The molecule has 1 aromatic rings. The summed E-state index contributed by atoms with van der Waals surface area (Å²) in [5.41, 5.74) is 5.96. The second-order valence-electron chi connectivity index (χ2n) is 4.52. The second kappa shape index (κ2) is 5.96. The zero-order valence-corrected chi connectivity index (χ0v) is 11.8. The average Bonchev–Trinajstić information content (AvgIpc) is 2.47. The largest absolute Gasteiger partial charge is 0.381 e. The summed E-state index contributed by atoms with van der Waals surface area (Å²) < 4.78 is 31.9. The van der Waals surface area contributed by atoms with E-state index in [0.717, 1.165) is 0 Å². The van der Waals surface area contributed by atoms with Gasteiger partial charge in [-0.15, -0.1) is 0 Å². The highest BCUT2D eigenvalue weighted by atomic mass is 32.2. The van der Waals surface area contributed by atoms with E-state index >= 15 is 0 Å². The zero-order chi connectivity index (χ0) is 13.9. The number of nitrogens with zero attached hydrogens (tertiary/aromatic N) is 2. The van der Waals surface area contributed by atoms with Crippen LogP contribution in [0.1, 0.15) is 18.5 Å². The number of hydrogen-bond donors (Lipinski definition) is 1. The van der Waals surface area contributed by atoms with Crippen LogP contribution in [0.15, 0.2) is 23.2 Å². The van der Waals surface area contributed by atoms with Gasteiger partial charge in [-0.3, -0.25) is 4.98 Å². The molecule has 106 valence electrons. The number of pyridine rings is 1. The zero-order valence-electron chi connectivity index (χ0n) is 10.9. The van der Waals surface area contributed by atoms with Gasteiger partial charge in [-0.2, -0.15) is 4.31 Å². The van der Waals surface area contributed by atoms with Crippen molar-refractivity contribution in [1.82, 2.24) is 9.29 Å². The van der Waals surface area contributed by atoms with Gasteiger partial charge in [-0.1, -0.05) is 0 Å². The number of rotatable bonds is 4. The Morgan fingerprint density at radius 2 is 2.16 bits per heavy atom. The molecule has 0 radical (unpaired) electrons. The van der Waals surface area contributed by atoms with Gasteiger partial charge in [0.15, 0.2) is 0 Å². The molecule has 19 heavy (non-hydrogen) atoms. The Balaban J connectivity index is 2.30. The Morgan fingerprint density at radius 1 is 1.47 bits per heavy atom. The van der Waals surface area contributed by atoms with E-state index in [2.05, 4.69) is 4.98 Å².